The van der Waals surface area contributed by atoms with E-state index in [2.05, 4.69) is 48.5 Å². The van der Waals surface area contributed by atoms with Crippen LogP contribution in [0, 0.1) is 0 Å². The van der Waals surface area contributed by atoms with Gasteiger partial charge in [0.25, 0.3) is 0 Å². The number of hydrogen-bond acceptors (Lipinski definition) is 3. The first-order chi connectivity index (χ1) is 12.1. The van der Waals surface area contributed by atoms with Gasteiger partial charge in [-0.2, -0.15) is 0 Å². The Balaban J connectivity index is 1.56. The zero-order valence-electron chi connectivity index (χ0n) is 14.0. The first-order valence-corrected chi connectivity index (χ1v) is 8.47. The van der Waals surface area contributed by atoms with Gasteiger partial charge in [-0.05, 0) is 60.1 Å². The summed E-state index contributed by atoms with van der Waals surface area (Å²) in [7, 11) is 0. The standard InChI is InChI=1S/C22H22O3/c23-20-14-19(15-21(24)22(20)25)13-12-18-10-8-17(9-11-18)7-6-16-4-2-1-3-5-16/h1-5,8-11,14-15,23-25H,6-7,12-13H2. The van der Waals surface area contributed by atoms with Gasteiger partial charge in [0.15, 0.2) is 17.2 Å². The summed E-state index contributed by atoms with van der Waals surface area (Å²) in [5.74, 6) is -1.04. The molecule has 0 aliphatic carbocycles. The van der Waals surface area contributed by atoms with Crippen molar-refractivity contribution in [3.63, 3.8) is 0 Å². The van der Waals surface area contributed by atoms with Crippen LogP contribution in [0.15, 0.2) is 66.7 Å². The van der Waals surface area contributed by atoms with E-state index in [0.29, 0.717) is 6.42 Å². The average molecular weight is 334 g/mol. The summed E-state index contributed by atoms with van der Waals surface area (Å²) in [4.78, 5) is 0. The molecule has 3 heteroatoms. The third-order valence-corrected chi connectivity index (χ3v) is 4.40. The molecule has 0 heterocycles. The molecular weight excluding hydrogens is 312 g/mol. The normalized spacial score (nSPS) is 10.7. The Morgan fingerprint density at radius 1 is 0.480 bits per heavy atom. The van der Waals surface area contributed by atoms with Crippen LogP contribution in [0.25, 0.3) is 0 Å². The van der Waals surface area contributed by atoms with E-state index >= 15 is 0 Å². The highest BCUT2D eigenvalue weighted by atomic mass is 16.3. The van der Waals surface area contributed by atoms with E-state index in [1.54, 1.807) is 0 Å². The molecule has 0 saturated carbocycles. The van der Waals surface area contributed by atoms with Gasteiger partial charge >= 0.3 is 0 Å². The summed E-state index contributed by atoms with van der Waals surface area (Å²) >= 11 is 0. The molecule has 3 nitrogen and oxygen atoms in total. The smallest absolute Gasteiger partial charge is 0.200 e. The molecule has 3 rings (SSSR count). The van der Waals surface area contributed by atoms with Crippen molar-refractivity contribution in [3.8, 4) is 17.2 Å². The minimum Gasteiger partial charge on any atom is -0.504 e. The van der Waals surface area contributed by atoms with Crippen LogP contribution in [-0.2, 0) is 25.7 Å². The monoisotopic (exact) mass is 334 g/mol. The van der Waals surface area contributed by atoms with Crippen LogP contribution in [-0.4, -0.2) is 15.3 Å². The Hall–Kier alpha value is -2.94. The van der Waals surface area contributed by atoms with Gasteiger partial charge in [-0.1, -0.05) is 54.6 Å². The number of benzene rings is 3. The molecule has 0 unspecified atom stereocenters. The summed E-state index contributed by atoms with van der Waals surface area (Å²) in [5, 5.41) is 28.5. The number of phenols is 3. The van der Waals surface area contributed by atoms with E-state index < -0.39 is 5.75 Å². The maximum absolute atomic E-state index is 9.56. The van der Waals surface area contributed by atoms with Crippen molar-refractivity contribution in [3.05, 3.63) is 89.0 Å². The SMILES string of the molecule is Oc1cc(CCc2ccc(CCc3ccccc3)cc2)cc(O)c1O. The Kier molecular flexibility index (Phi) is 5.24. The highest BCUT2D eigenvalue weighted by Gasteiger charge is 2.08. The first kappa shape index (κ1) is 16.9. The van der Waals surface area contributed by atoms with Crippen molar-refractivity contribution >= 4 is 0 Å². The molecule has 0 fully saturated rings. The van der Waals surface area contributed by atoms with Gasteiger partial charge in [-0.15, -0.1) is 0 Å². The second kappa shape index (κ2) is 7.75. The van der Waals surface area contributed by atoms with Crippen molar-refractivity contribution < 1.29 is 15.3 Å². The molecule has 0 bridgehead atoms. The molecule has 3 aromatic carbocycles. The molecule has 0 saturated heterocycles. The molecule has 0 aromatic heterocycles. The largest absolute Gasteiger partial charge is 0.504 e. The van der Waals surface area contributed by atoms with Crippen LogP contribution in [0.5, 0.6) is 17.2 Å². The number of phenolic OH excluding ortho intramolecular Hbond substituents is 3. The van der Waals surface area contributed by atoms with Crippen LogP contribution in [0.2, 0.25) is 0 Å². The summed E-state index contributed by atoms with van der Waals surface area (Å²) in [5.41, 5.74) is 4.66. The van der Waals surface area contributed by atoms with Crippen molar-refractivity contribution in [2.24, 2.45) is 0 Å². The van der Waals surface area contributed by atoms with Crippen molar-refractivity contribution in [1.82, 2.24) is 0 Å². The van der Waals surface area contributed by atoms with Gasteiger partial charge in [0, 0.05) is 0 Å². The lowest BCUT2D eigenvalue weighted by atomic mass is 10.00. The van der Waals surface area contributed by atoms with Crippen molar-refractivity contribution in [1.29, 1.82) is 0 Å². The minimum atomic E-state index is -0.466. The van der Waals surface area contributed by atoms with Gasteiger partial charge in [0.05, 0.1) is 0 Å². The molecule has 3 N–H and O–H groups in total. The second-order valence-corrected chi connectivity index (χ2v) is 6.28. The lowest BCUT2D eigenvalue weighted by molar-refractivity contribution is 0.367. The maximum Gasteiger partial charge on any atom is 0.200 e. The molecule has 128 valence electrons. The zero-order chi connectivity index (χ0) is 17.6. The Labute approximate surface area is 147 Å². The predicted octanol–water partition coefficient (Wildman–Crippen LogP) is 4.37. The molecule has 0 radical (unpaired) electrons. The third kappa shape index (κ3) is 4.54. The molecule has 0 atom stereocenters. The van der Waals surface area contributed by atoms with Crippen molar-refractivity contribution in [2.45, 2.75) is 25.7 Å². The van der Waals surface area contributed by atoms with Crippen LogP contribution in [0.4, 0.5) is 0 Å². The van der Waals surface area contributed by atoms with E-state index in [4.69, 9.17) is 0 Å². The number of aryl methyl sites for hydroxylation is 4. The zero-order valence-corrected chi connectivity index (χ0v) is 14.0. The van der Waals surface area contributed by atoms with Crippen LogP contribution >= 0.6 is 0 Å². The number of aromatic hydroxyl groups is 3. The summed E-state index contributed by atoms with van der Waals surface area (Å²) in [6.45, 7) is 0. The Morgan fingerprint density at radius 2 is 0.880 bits per heavy atom. The van der Waals surface area contributed by atoms with Crippen LogP contribution in [0.1, 0.15) is 22.3 Å². The van der Waals surface area contributed by atoms with Crippen molar-refractivity contribution in [2.75, 3.05) is 0 Å². The van der Waals surface area contributed by atoms with E-state index in [1.165, 1.54) is 28.8 Å². The lowest BCUT2D eigenvalue weighted by Crippen LogP contribution is -1.94. The van der Waals surface area contributed by atoms with Gasteiger partial charge in [0.2, 0.25) is 0 Å². The van der Waals surface area contributed by atoms with E-state index in [9.17, 15) is 15.3 Å². The van der Waals surface area contributed by atoms with E-state index in [0.717, 1.165) is 24.8 Å². The van der Waals surface area contributed by atoms with Gasteiger partial charge in [-0.3, -0.25) is 0 Å². The second-order valence-electron chi connectivity index (χ2n) is 6.28. The molecule has 25 heavy (non-hydrogen) atoms. The predicted molar refractivity (Wildman–Crippen MR) is 99.1 cm³/mol. The molecule has 0 aliphatic heterocycles. The lowest BCUT2D eigenvalue weighted by Gasteiger charge is -2.07. The number of rotatable bonds is 6. The van der Waals surface area contributed by atoms with Gasteiger partial charge < -0.3 is 15.3 Å². The van der Waals surface area contributed by atoms with E-state index in [1.807, 2.05) is 6.07 Å². The number of hydrogen-bond donors (Lipinski definition) is 3. The molecule has 0 amide bonds. The summed E-state index contributed by atoms with van der Waals surface area (Å²) in [6, 6.07) is 22.0. The maximum atomic E-state index is 9.56. The third-order valence-electron chi connectivity index (χ3n) is 4.40. The van der Waals surface area contributed by atoms with Gasteiger partial charge in [0.1, 0.15) is 0 Å². The highest BCUT2D eigenvalue weighted by Crippen LogP contribution is 2.35. The van der Waals surface area contributed by atoms with Crippen LogP contribution in [0.3, 0.4) is 0 Å². The molecule has 3 aromatic rings. The average Bonchev–Trinajstić information content (AvgIpc) is 2.64. The highest BCUT2D eigenvalue weighted by molar-refractivity contribution is 5.51. The molecule has 0 aliphatic rings. The van der Waals surface area contributed by atoms with Gasteiger partial charge in [-0.25, -0.2) is 0 Å². The summed E-state index contributed by atoms with van der Waals surface area (Å²) < 4.78 is 0. The molecule has 0 spiro atoms. The Bertz CT molecular complexity index is 801. The molecular formula is C22H22O3. The summed E-state index contributed by atoms with van der Waals surface area (Å²) in [6.07, 6.45) is 3.55. The topological polar surface area (TPSA) is 60.7 Å². The van der Waals surface area contributed by atoms with Crippen LogP contribution < -0.4 is 0 Å². The fourth-order valence-electron chi connectivity index (χ4n) is 2.90. The minimum absolute atomic E-state index is 0.286. The fourth-order valence-corrected chi connectivity index (χ4v) is 2.90. The fraction of sp³-hybridized carbons (Fsp3) is 0.182. The van der Waals surface area contributed by atoms with E-state index in [-0.39, 0.29) is 11.5 Å². The first-order valence-electron chi connectivity index (χ1n) is 8.47. The Morgan fingerprint density at radius 3 is 1.36 bits per heavy atom. The quantitative estimate of drug-likeness (QED) is 0.587.